The number of hydrogen-bond donors (Lipinski definition) is 2. The fraction of sp³-hybridized carbons (Fsp3) is 0.500. The van der Waals surface area contributed by atoms with Crippen LogP contribution in [0.1, 0.15) is 31.9 Å². The van der Waals surface area contributed by atoms with Crippen molar-refractivity contribution in [2.45, 2.75) is 36.5 Å². The lowest BCUT2D eigenvalue weighted by Gasteiger charge is -2.15. The Morgan fingerprint density at radius 1 is 1.44 bits per heavy atom. The van der Waals surface area contributed by atoms with Gasteiger partial charge in [0, 0.05) is 22.8 Å². The van der Waals surface area contributed by atoms with E-state index in [0.29, 0.717) is 5.25 Å². The summed E-state index contributed by atoms with van der Waals surface area (Å²) in [6.07, 6.45) is 0.723. The lowest BCUT2D eigenvalue weighted by molar-refractivity contribution is 0.289. The molecule has 0 amide bonds. The summed E-state index contributed by atoms with van der Waals surface area (Å²) >= 11 is 1.63. The zero-order valence-corrected chi connectivity index (χ0v) is 10.4. The minimum atomic E-state index is -0.258. The quantitative estimate of drug-likeness (QED) is 0.782. The highest BCUT2D eigenvalue weighted by atomic mass is 32.2. The summed E-state index contributed by atoms with van der Waals surface area (Å²) in [4.78, 5) is 0.998. The molecule has 1 aromatic carbocycles. The van der Waals surface area contributed by atoms with Crippen LogP contribution >= 0.6 is 11.8 Å². The van der Waals surface area contributed by atoms with Gasteiger partial charge in [0.2, 0.25) is 0 Å². The Bertz CT molecular complexity index is 344. The minimum Gasteiger partial charge on any atom is -0.396 e. The highest BCUT2D eigenvalue weighted by Gasteiger charge is 2.11. The minimum absolute atomic E-state index is 0.170. The molecule has 2 nitrogen and oxygen atoms in total. The standard InChI is InChI=1S/C12H18FNOS/c1-8(5-6-15)16-12-4-3-10(13)7-11(12)9(2)14/h3-4,7-9,15H,5-6,14H2,1-2H3/t8?,9-/m0/s1. The predicted molar refractivity (Wildman–Crippen MR) is 66.0 cm³/mol. The summed E-state index contributed by atoms with van der Waals surface area (Å²) in [6.45, 7) is 4.05. The van der Waals surface area contributed by atoms with Gasteiger partial charge in [-0.05, 0) is 37.1 Å². The number of aliphatic hydroxyl groups is 1. The number of aliphatic hydroxyl groups excluding tert-OH is 1. The molecule has 0 aliphatic carbocycles. The number of hydrogen-bond acceptors (Lipinski definition) is 3. The van der Waals surface area contributed by atoms with Gasteiger partial charge >= 0.3 is 0 Å². The fourth-order valence-electron chi connectivity index (χ4n) is 1.44. The lowest BCUT2D eigenvalue weighted by atomic mass is 10.1. The zero-order chi connectivity index (χ0) is 12.1. The predicted octanol–water partition coefficient (Wildman–Crippen LogP) is 2.71. The Balaban J connectivity index is 2.86. The average Bonchev–Trinajstić information content (AvgIpc) is 2.20. The van der Waals surface area contributed by atoms with E-state index in [0.717, 1.165) is 16.9 Å². The van der Waals surface area contributed by atoms with Gasteiger partial charge in [0.15, 0.2) is 0 Å². The van der Waals surface area contributed by atoms with Crippen LogP contribution in [0.15, 0.2) is 23.1 Å². The number of halogens is 1. The van der Waals surface area contributed by atoms with Crippen LogP contribution in [-0.2, 0) is 0 Å². The van der Waals surface area contributed by atoms with Gasteiger partial charge in [-0.2, -0.15) is 0 Å². The second-order valence-electron chi connectivity index (χ2n) is 3.91. The van der Waals surface area contributed by atoms with Gasteiger partial charge in [0.1, 0.15) is 5.82 Å². The summed E-state index contributed by atoms with van der Waals surface area (Å²) in [7, 11) is 0. The lowest BCUT2D eigenvalue weighted by Crippen LogP contribution is -2.08. The van der Waals surface area contributed by atoms with E-state index in [1.165, 1.54) is 12.1 Å². The fourth-order valence-corrected chi connectivity index (χ4v) is 2.62. The van der Waals surface area contributed by atoms with E-state index < -0.39 is 0 Å². The normalized spacial score (nSPS) is 14.8. The molecule has 0 heterocycles. The van der Waals surface area contributed by atoms with E-state index >= 15 is 0 Å². The molecule has 2 atom stereocenters. The highest BCUT2D eigenvalue weighted by molar-refractivity contribution is 8.00. The van der Waals surface area contributed by atoms with Gasteiger partial charge in [-0.25, -0.2) is 4.39 Å². The van der Waals surface area contributed by atoms with E-state index in [2.05, 4.69) is 0 Å². The Labute approximate surface area is 100 Å². The van der Waals surface area contributed by atoms with Crippen molar-refractivity contribution in [3.8, 4) is 0 Å². The monoisotopic (exact) mass is 243 g/mol. The van der Waals surface area contributed by atoms with E-state index in [9.17, 15) is 4.39 Å². The topological polar surface area (TPSA) is 46.2 Å². The van der Waals surface area contributed by atoms with Gasteiger partial charge in [-0.1, -0.05) is 6.92 Å². The van der Waals surface area contributed by atoms with Gasteiger partial charge in [-0.3, -0.25) is 0 Å². The number of benzene rings is 1. The van der Waals surface area contributed by atoms with Crippen molar-refractivity contribution in [2.75, 3.05) is 6.61 Å². The van der Waals surface area contributed by atoms with E-state index in [4.69, 9.17) is 10.8 Å². The average molecular weight is 243 g/mol. The Morgan fingerprint density at radius 3 is 2.69 bits per heavy atom. The Hall–Kier alpha value is -0.580. The molecular formula is C12H18FNOS. The third kappa shape index (κ3) is 3.77. The van der Waals surface area contributed by atoms with Crippen LogP contribution in [0.4, 0.5) is 4.39 Å². The summed E-state index contributed by atoms with van der Waals surface area (Å²) in [5, 5.41) is 9.14. The van der Waals surface area contributed by atoms with Crippen LogP contribution in [0.2, 0.25) is 0 Å². The third-order valence-corrected chi connectivity index (χ3v) is 3.59. The first-order valence-electron chi connectivity index (χ1n) is 5.37. The summed E-state index contributed by atoms with van der Waals surface area (Å²) < 4.78 is 13.1. The molecule has 0 bridgehead atoms. The first kappa shape index (κ1) is 13.5. The van der Waals surface area contributed by atoms with E-state index in [-0.39, 0.29) is 18.5 Å². The van der Waals surface area contributed by atoms with Crippen molar-refractivity contribution in [3.63, 3.8) is 0 Å². The smallest absolute Gasteiger partial charge is 0.123 e. The first-order chi connectivity index (χ1) is 7.54. The van der Waals surface area contributed by atoms with Crippen molar-refractivity contribution < 1.29 is 9.50 Å². The molecule has 3 N–H and O–H groups in total. The van der Waals surface area contributed by atoms with Crippen molar-refractivity contribution >= 4 is 11.8 Å². The molecule has 0 aliphatic heterocycles. The van der Waals surface area contributed by atoms with Crippen LogP contribution < -0.4 is 5.73 Å². The molecule has 4 heteroatoms. The van der Waals surface area contributed by atoms with Gasteiger partial charge in [0.05, 0.1) is 0 Å². The molecule has 1 unspecified atom stereocenters. The molecule has 0 saturated carbocycles. The molecule has 90 valence electrons. The molecule has 0 saturated heterocycles. The molecule has 0 aliphatic rings. The third-order valence-electron chi connectivity index (χ3n) is 2.33. The van der Waals surface area contributed by atoms with E-state index in [1.54, 1.807) is 17.8 Å². The molecule has 0 spiro atoms. The molecule has 0 aromatic heterocycles. The number of rotatable bonds is 5. The molecule has 0 radical (unpaired) electrons. The second-order valence-corrected chi connectivity index (χ2v) is 5.39. The Morgan fingerprint density at radius 2 is 2.12 bits per heavy atom. The van der Waals surface area contributed by atoms with Gasteiger partial charge < -0.3 is 10.8 Å². The maximum absolute atomic E-state index is 13.1. The zero-order valence-electron chi connectivity index (χ0n) is 9.61. The van der Waals surface area contributed by atoms with Crippen LogP contribution in [0.25, 0.3) is 0 Å². The largest absolute Gasteiger partial charge is 0.396 e. The van der Waals surface area contributed by atoms with Crippen LogP contribution in [0.3, 0.4) is 0 Å². The van der Waals surface area contributed by atoms with Gasteiger partial charge in [0.25, 0.3) is 0 Å². The van der Waals surface area contributed by atoms with Gasteiger partial charge in [-0.15, -0.1) is 11.8 Å². The highest BCUT2D eigenvalue weighted by Crippen LogP contribution is 2.31. The molecule has 1 aromatic rings. The van der Waals surface area contributed by atoms with Crippen LogP contribution in [-0.4, -0.2) is 17.0 Å². The molecular weight excluding hydrogens is 225 g/mol. The van der Waals surface area contributed by atoms with Crippen LogP contribution in [0, 0.1) is 5.82 Å². The van der Waals surface area contributed by atoms with Crippen LogP contribution in [0.5, 0.6) is 0 Å². The molecule has 0 fully saturated rings. The summed E-state index contributed by atoms with van der Waals surface area (Å²) in [6, 6.07) is 4.50. The maximum Gasteiger partial charge on any atom is 0.123 e. The second kappa shape index (κ2) is 6.23. The number of nitrogens with two attached hydrogens (primary N) is 1. The maximum atomic E-state index is 13.1. The van der Waals surface area contributed by atoms with E-state index in [1.807, 2.05) is 13.8 Å². The van der Waals surface area contributed by atoms with Crippen molar-refractivity contribution in [2.24, 2.45) is 5.73 Å². The number of thioether (sulfide) groups is 1. The SMILES string of the molecule is CC(CCO)Sc1ccc(F)cc1[C@H](C)N. The molecule has 16 heavy (non-hydrogen) atoms. The van der Waals surface area contributed by atoms with Crippen molar-refractivity contribution in [1.29, 1.82) is 0 Å². The molecule has 1 rings (SSSR count). The Kier molecular flexibility index (Phi) is 5.25. The van der Waals surface area contributed by atoms with Crippen molar-refractivity contribution in [1.82, 2.24) is 0 Å². The first-order valence-corrected chi connectivity index (χ1v) is 6.25. The summed E-state index contributed by atoms with van der Waals surface area (Å²) in [5.74, 6) is -0.258. The summed E-state index contributed by atoms with van der Waals surface area (Å²) in [5.41, 5.74) is 6.63. The van der Waals surface area contributed by atoms with Crippen molar-refractivity contribution in [3.05, 3.63) is 29.6 Å².